The standard InChI is InChI=1S/C8H9F2IN2O/c1-14-5-3-13-4(2-12)7(11)6(5)8(9)10/h3,8H,2,12H2,1H3. The minimum absolute atomic E-state index is 0.0987. The molecule has 0 unspecified atom stereocenters. The first-order valence-corrected chi connectivity index (χ1v) is 4.89. The van der Waals surface area contributed by atoms with Crippen molar-refractivity contribution >= 4 is 22.6 Å². The number of nitrogens with two attached hydrogens (primary N) is 1. The van der Waals surface area contributed by atoms with Gasteiger partial charge in [-0.15, -0.1) is 0 Å². The number of hydrogen-bond donors (Lipinski definition) is 1. The molecule has 14 heavy (non-hydrogen) atoms. The highest BCUT2D eigenvalue weighted by atomic mass is 127. The van der Waals surface area contributed by atoms with E-state index in [4.69, 9.17) is 10.5 Å². The van der Waals surface area contributed by atoms with E-state index in [1.165, 1.54) is 13.3 Å². The third-order valence-corrected chi connectivity index (χ3v) is 2.93. The average molecular weight is 314 g/mol. The van der Waals surface area contributed by atoms with E-state index in [-0.39, 0.29) is 17.9 Å². The fourth-order valence-electron chi connectivity index (χ4n) is 1.03. The Balaban J connectivity index is 3.31. The molecule has 0 saturated carbocycles. The first-order valence-electron chi connectivity index (χ1n) is 3.81. The number of nitrogens with zero attached hydrogens (tertiary/aromatic N) is 1. The first-order chi connectivity index (χ1) is 6.61. The number of rotatable bonds is 3. The molecule has 0 amide bonds. The summed E-state index contributed by atoms with van der Waals surface area (Å²) in [6.45, 7) is 0.141. The number of ether oxygens (including phenoxy) is 1. The van der Waals surface area contributed by atoms with Gasteiger partial charge < -0.3 is 10.5 Å². The van der Waals surface area contributed by atoms with Crippen molar-refractivity contribution < 1.29 is 13.5 Å². The SMILES string of the molecule is COc1cnc(CN)c(I)c1C(F)F. The summed E-state index contributed by atoms with van der Waals surface area (Å²) in [5.74, 6) is 0.0987. The van der Waals surface area contributed by atoms with Crippen molar-refractivity contribution in [2.45, 2.75) is 13.0 Å². The van der Waals surface area contributed by atoms with Gasteiger partial charge in [0.15, 0.2) is 0 Å². The minimum Gasteiger partial charge on any atom is -0.495 e. The highest BCUT2D eigenvalue weighted by Crippen LogP contribution is 2.33. The maximum atomic E-state index is 12.6. The second-order valence-electron chi connectivity index (χ2n) is 2.51. The lowest BCUT2D eigenvalue weighted by atomic mass is 10.2. The lowest BCUT2D eigenvalue weighted by Crippen LogP contribution is -2.07. The second kappa shape index (κ2) is 4.83. The molecule has 78 valence electrons. The molecule has 0 atom stereocenters. The Labute approximate surface area is 93.8 Å². The van der Waals surface area contributed by atoms with Gasteiger partial charge in [0.25, 0.3) is 6.43 Å². The molecule has 1 heterocycles. The van der Waals surface area contributed by atoms with E-state index in [9.17, 15) is 8.78 Å². The van der Waals surface area contributed by atoms with Crippen molar-refractivity contribution in [3.63, 3.8) is 0 Å². The Morgan fingerprint density at radius 3 is 2.71 bits per heavy atom. The Morgan fingerprint density at radius 1 is 1.64 bits per heavy atom. The van der Waals surface area contributed by atoms with Crippen molar-refractivity contribution in [3.05, 3.63) is 21.0 Å². The van der Waals surface area contributed by atoms with Crippen LogP contribution in [0.2, 0.25) is 0 Å². The molecule has 2 N–H and O–H groups in total. The maximum absolute atomic E-state index is 12.6. The van der Waals surface area contributed by atoms with Crippen LogP contribution in [-0.4, -0.2) is 12.1 Å². The van der Waals surface area contributed by atoms with E-state index in [1.807, 2.05) is 0 Å². The van der Waals surface area contributed by atoms with E-state index in [1.54, 1.807) is 22.6 Å². The van der Waals surface area contributed by atoms with Gasteiger partial charge in [-0.2, -0.15) is 0 Å². The van der Waals surface area contributed by atoms with Gasteiger partial charge in [0, 0.05) is 10.1 Å². The lowest BCUT2D eigenvalue weighted by molar-refractivity contribution is 0.145. The Hall–Kier alpha value is -0.500. The molecule has 1 rings (SSSR count). The topological polar surface area (TPSA) is 48.1 Å². The van der Waals surface area contributed by atoms with Crippen LogP contribution in [0, 0.1) is 3.57 Å². The molecule has 1 aromatic heterocycles. The van der Waals surface area contributed by atoms with E-state index in [0.717, 1.165) is 0 Å². The van der Waals surface area contributed by atoms with Crippen LogP contribution in [0.5, 0.6) is 5.75 Å². The van der Waals surface area contributed by atoms with Crippen LogP contribution >= 0.6 is 22.6 Å². The molecule has 0 aromatic carbocycles. The molecule has 0 radical (unpaired) electrons. The van der Waals surface area contributed by atoms with E-state index < -0.39 is 6.43 Å². The fourth-order valence-corrected chi connectivity index (χ4v) is 1.90. The van der Waals surface area contributed by atoms with Gasteiger partial charge in [-0.1, -0.05) is 0 Å². The monoisotopic (exact) mass is 314 g/mol. The first kappa shape index (κ1) is 11.6. The third kappa shape index (κ3) is 2.11. The van der Waals surface area contributed by atoms with Gasteiger partial charge in [-0.05, 0) is 22.6 Å². The molecular weight excluding hydrogens is 305 g/mol. The van der Waals surface area contributed by atoms with Crippen molar-refractivity contribution in [2.75, 3.05) is 7.11 Å². The molecule has 0 saturated heterocycles. The summed E-state index contributed by atoms with van der Waals surface area (Å²) in [6, 6.07) is 0. The van der Waals surface area contributed by atoms with Gasteiger partial charge in [0.05, 0.1) is 24.6 Å². The van der Waals surface area contributed by atoms with E-state index in [0.29, 0.717) is 9.26 Å². The van der Waals surface area contributed by atoms with Crippen molar-refractivity contribution in [1.82, 2.24) is 4.98 Å². The highest BCUT2D eigenvalue weighted by molar-refractivity contribution is 14.1. The molecule has 0 spiro atoms. The molecule has 6 heteroatoms. The van der Waals surface area contributed by atoms with E-state index >= 15 is 0 Å². The molecule has 1 aromatic rings. The molecular formula is C8H9F2IN2O. The highest BCUT2D eigenvalue weighted by Gasteiger charge is 2.20. The number of hydrogen-bond acceptors (Lipinski definition) is 3. The Bertz CT molecular complexity index is 333. The number of alkyl halides is 2. The Morgan fingerprint density at radius 2 is 2.29 bits per heavy atom. The van der Waals surface area contributed by atoms with Gasteiger partial charge in [-0.3, -0.25) is 4.98 Å². The van der Waals surface area contributed by atoms with Crippen molar-refractivity contribution in [3.8, 4) is 5.75 Å². The predicted octanol–water partition coefficient (Wildman–Crippen LogP) is 2.09. The summed E-state index contributed by atoms with van der Waals surface area (Å²) in [4.78, 5) is 3.92. The Kier molecular flexibility index (Phi) is 3.99. The van der Waals surface area contributed by atoms with Crippen molar-refractivity contribution in [2.24, 2.45) is 5.73 Å². The van der Waals surface area contributed by atoms with E-state index in [2.05, 4.69) is 4.98 Å². The van der Waals surface area contributed by atoms with Gasteiger partial charge in [0.1, 0.15) is 5.75 Å². The van der Waals surface area contributed by atoms with Gasteiger partial charge >= 0.3 is 0 Å². The van der Waals surface area contributed by atoms with Crippen LogP contribution in [0.3, 0.4) is 0 Å². The van der Waals surface area contributed by atoms with Crippen LogP contribution in [0.4, 0.5) is 8.78 Å². The smallest absolute Gasteiger partial charge is 0.268 e. The zero-order valence-electron chi connectivity index (χ0n) is 7.43. The number of aromatic nitrogens is 1. The number of halogens is 3. The normalized spacial score (nSPS) is 10.7. The van der Waals surface area contributed by atoms with Crippen molar-refractivity contribution in [1.29, 1.82) is 0 Å². The predicted molar refractivity (Wildman–Crippen MR) is 56.4 cm³/mol. The van der Waals surface area contributed by atoms with Crippen LogP contribution < -0.4 is 10.5 Å². The van der Waals surface area contributed by atoms with Gasteiger partial charge in [0.2, 0.25) is 0 Å². The molecule has 0 aliphatic carbocycles. The molecule has 3 nitrogen and oxygen atoms in total. The molecule has 0 aliphatic rings. The molecule has 0 fully saturated rings. The average Bonchev–Trinajstić information content (AvgIpc) is 2.16. The largest absolute Gasteiger partial charge is 0.495 e. The van der Waals surface area contributed by atoms with Crippen LogP contribution in [0.15, 0.2) is 6.20 Å². The quantitative estimate of drug-likeness (QED) is 0.869. The molecule has 0 bridgehead atoms. The second-order valence-corrected chi connectivity index (χ2v) is 3.58. The lowest BCUT2D eigenvalue weighted by Gasteiger charge is -2.11. The zero-order chi connectivity index (χ0) is 10.7. The summed E-state index contributed by atoms with van der Waals surface area (Å²) < 4.78 is 30.4. The summed E-state index contributed by atoms with van der Waals surface area (Å²) in [5, 5.41) is 0. The van der Waals surface area contributed by atoms with Crippen LogP contribution in [-0.2, 0) is 6.54 Å². The summed E-state index contributed by atoms with van der Waals surface area (Å²) in [7, 11) is 1.33. The summed E-state index contributed by atoms with van der Waals surface area (Å²) >= 11 is 1.80. The third-order valence-electron chi connectivity index (χ3n) is 1.72. The van der Waals surface area contributed by atoms with Gasteiger partial charge in [-0.25, -0.2) is 8.78 Å². The zero-order valence-corrected chi connectivity index (χ0v) is 9.59. The molecule has 0 aliphatic heterocycles. The maximum Gasteiger partial charge on any atom is 0.268 e. The summed E-state index contributed by atoms with van der Waals surface area (Å²) in [6.07, 6.45) is -1.31. The van der Waals surface area contributed by atoms with Crippen LogP contribution in [0.25, 0.3) is 0 Å². The summed E-state index contributed by atoms with van der Waals surface area (Å²) in [5.41, 5.74) is 5.68. The fraction of sp³-hybridized carbons (Fsp3) is 0.375. The minimum atomic E-state index is -2.58. The number of methoxy groups -OCH3 is 1. The number of pyridine rings is 1. The van der Waals surface area contributed by atoms with Crippen LogP contribution in [0.1, 0.15) is 17.7 Å².